The molecule has 1 aromatic carbocycles. The Morgan fingerprint density at radius 1 is 1.36 bits per heavy atom. The second-order valence-electron chi connectivity index (χ2n) is 5.16. The van der Waals surface area contributed by atoms with Gasteiger partial charge in [-0.05, 0) is 42.5 Å². The Hall–Kier alpha value is -1.85. The van der Waals surface area contributed by atoms with Crippen molar-refractivity contribution in [1.82, 2.24) is 5.32 Å². The summed E-state index contributed by atoms with van der Waals surface area (Å²) in [6.07, 6.45) is 0.456. The number of thiophene rings is 1. The van der Waals surface area contributed by atoms with Gasteiger partial charge in [-0.1, -0.05) is 18.2 Å². The van der Waals surface area contributed by atoms with Crippen LogP contribution in [0.15, 0.2) is 41.8 Å². The summed E-state index contributed by atoms with van der Waals surface area (Å²) in [4.78, 5) is 12.9. The molecule has 0 aliphatic carbocycles. The average molecular weight is 319 g/mol. The van der Waals surface area contributed by atoms with Crippen LogP contribution < -0.4 is 10.1 Å². The number of carbonyl (C=O) groups excluding carboxylic acids is 1. The Bertz CT molecular complexity index is 583. The summed E-state index contributed by atoms with van der Waals surface area (Å²) in [5.41, 5.74) is 1.11. The van der Waals surface area contributed by atoms with Crippen LogP contribution >= 0.6 is 11.3 Å². The molecule has 4 nitrogen and oxygen atoms in total. The van der Waals surface area contributed by atoms with E-state index in [0.29, 0.717) is 6.42 Å². The van der Waals surface area contributed by atoms with E-state index in [1.54, 1.807) is 11.3 Å². The Balaban J connectivity index is 1.62. The van der Waals surface area contributed by atoms with Crippen LogP contribution in [0.4, 0.5) is 0 Å². The lowest BCUT2D eigenvalue weighted by Gasteiger charge is -2.13. The molecule has 0 aliphatic rings. The van der Waals surface area contributed by atoms with Crippen LogP contribution in [-0.2, 0) is 11.2 Å². The lowest BCUT2D eigenvalue weighted by Crippen LogP contribution is -2.35. The predicted molar refractivity (Wildman–Crippen MR) is 88.3 cm³/mol. The molecule has 2 aromatic rings. The number of carbonyl (C=O) groups is 1. The highest BCUT2D eigenvalue weighted by Gasteiger charge is 2.08. The van der Waals surface area contributed by atoms with Crippen molar-refractivity contribution in [1.29, 1.82) is 0 Å². The van der Waals surface area contributed by atoms with Crippen LogP contribution in [0.2, 0.25) is 0 Å². The summed E-state index contributed by atoms with van der Waals surface area (Å²) in [6, 6.07) is 11.6. The predicted octanol–water partition coefficient (Wildman–Crippen LogP) is 2.55. The molecule has 1 heterocycles. The minimum absolute atomic E-state index is 0.0528. The van der Waals surface area contributed by atoms with Gasteiger partial charge in [0.2, 0.25) is 5.91 Å². The van der Waals surface area contributed by atoms with Crippen LogP contribution in [0, 0.1) is 6.92 Å². The molecule has 22 heavy (non-hydrogen) atoms. The summed E-state index contributed by atoms with van der Waals surface area (Å²) in [6.45, 7) is 2.35. The first kappa shape index (κ1) is 16.5. The molecule has 2 rings (SSSR count). The number of hydrogen-bond donors (Lipinski definition) is 2. The molecule has 0 saturated carbocycles. The second-order valence-corrected chi connectivity index (χ2v) is 6.20. The molecule has 1 atom stereocenters. The summed E-state index contributed by atoms with van der Waals surface area (Å²) >= 11 is 1.65. The molecular formula is C17H21NO3S. The third-order valence-corrected chi connectivity index (χ3v) is 4.08. The monoisotopic (exact) mass is 319 g/mol. The highest BCUT2D eigenvalue weighted by atomic mass is 32.1. The van der Waals surface area contributed by atoms with E-state index in [-0.39, 0.29) is 19.1 Å². The lowest BCUT2D eigenvalue weighted by molar-refractivity contribution is -0.121. The maximum Gasteiger partial charge on any atom is 0.220 e. The van der Waals surface area contributed by atoms with E-state index in [4.69, 9.17) is 4.74 Å². The van der Waals surface area contributed by atoms with Gasteiger partial charge in [-0.2, -0.15) is 0 Å². The molecular weight excluding hydrogens is 298 g/mol. The number of aryl methyl sites for hydroxylation is 2. The van der Waals surface area contributed by atoms with Crippen molar-refractivity contribution in [2.45, 2.75) is 25.9 Å². The molecule has 0 aliphatic heterocycles. The molecule has 118 valence electrons. The fourth-order valence-corrected chi connectivity index (χ4v) is 2.68. The third kappa shape index (κ3) is 5.87. The molecule has 2 N–H and O–H groups in total. The van der Waals surface area contributed by atoms with E-state index in [1.165, 1.54) is 4.88 Å². The smallest absolute Gasteiger partial charge is 0.220 e. The molecule has 0 bridgehead atoms. The fraction of sp³-hybridized carbons (Fsp3) is 0.353. The van der Waals surface area contributed by atoms with Gasteiger partial charge >= 0.3 is 0 Å². The van der Waals surface area contributed by atoms with Gasteiger partial charge in [0, 0.05) is 17.8 Å². The second kappa shape index (κ2) is 8.56. The fourth-order valence-electron chi connectivity index (χ4n) is 1.97. The number of aliphatic hydroxyl groups is 1. The van der Waals surface area contributed by atoms with E-state index in [2.05, 4.69) is 5.32 Å². The van der Waals surface area contributed by atoms with Crippen molar-refractivity contribution < 1.29 is 14.6 Å². The highest BCUT2D eigenvalue weighted by Crippen LogP contribution is 2.12. The van der Waals surface area contributed by atoms with Crippen LogP contribution in [0.3, 0.4) is 0 Å². The van der Waals surface area contributed by atoms with E-state index in [0.717, 1.165) is 17.7 Å². The number of amides is 1. The van der Waals surface area contributed by atoms with Crippen LogP contribution in [0.1, 0.15) is 16.9 Å². The maximum atomic E-state index is 11.7. The van der Waals surface area contributed by atoms with Crippen LogP contribution in [-0.4, -0.2) is 30.3 Å². The normalized spacial score (nSPS) is 11.9. The van der Waals surface area contributed by atoms with Crippen molar-refractivity contribution in [2.24, 2.45) is 0 Å². The first-order chi connectivity index (χ1) is 10.6. The van der Waals surface area contributed by atoms with Gasteiger partial charge in [-0.15, -0.1) is 11.3 Å². The van der Waals surface area contributed by atoms with Crippen molar-refractivity contribution in [3.05, 3.63) is 52.2 Å². The Morgan fingerprint density at radius 2 is 2.23 bits per heavy atom. The Kier molecular flexibility index (Phi) is 6.43. The molecule has 0 fully saturated rings. The average Bonchev–Trinajstić information content (AvgIpc) is 3.02. The van der Waals surface area contributed by atoms with Crippen molar-refractivity contribution in [2.75, 3.05) is 13.2 Å². The van der Waals surface area contributed by atoms with Gasteiger partial charge in [0.1, 0.15) is 18.5 Å². The molecule has 1 aromatic heterocycles. The summed E-state index contributed by atoms with van der Waals surface area (Å²) < 4.78 is 5.50. The zero-order valence-corrected chi connectivity index (χ0v) is 13.4. The van der Waals surface area contributed by atoms with E-state index in [1.807, 2.05) is 48.7 Å². The first-order valence-electron chi connectivity index (χ1n) is 7.30. The van der Waals surface area contributed by atoms with Gasteiger partial charge in [0.25, 0.3) is 0 Å². The number of aliphatic hydroxyl groups excluding tert-OH is 1. The number of nitrogens with one attached hydrogen (secondary N) is 1. The molecule has 1 unspecified atom stereocenters. The first-order valence-corrected chi connectivity index (χ1v) is 8.18. The van der Waals surface area contributed by atoms with E-state index >= 15 is 0 Å². The van der Waals surface area contributed by atoms with Gasteiger partial charge < -0.3 is 15.2 Å². The van der Waals surface area contributed by atoms with E-state index < -0.39 is 6.10 Å². The largest absolute Gasteiger partial charge is 0.491 e. The molecule has 1 amide bonds. The number of ether oxygens (including phenoxy) is 1. The quantitative estimate of drug-likeness (QED) is 0.786. The zero-order valence-electron chi connectivity index (χ0n) is 12.6. The molecule has 0 saturated heterocycles. The van der Waals surface area contributed by atoms with E-state index in [9.17, 15) is 9.90 Å². The maximum absolute atomic E-state index is 11.7. The zero-order chi connectivity index (χ0) is 15.8. The standard InChI is InChI=1S/C17H21NO3S/c1-13-4-2-5-15(10-13)21-12-14(19)11-18-17(20)8-7-16-6-3-9-22-16/h2-6,9-10,14,19H,7-8,11-12H2,1H3,(H,18,20). The number of hydrogen-bond acceptors (Lipinski definition) is 4. The lowest BCUT2D eigenvalue weighted by atomic mass is 10.2. The number of rotatable bonds is 8. The summed E-state index contributed by atoms with van der Waals surface area (Å²) in [7, 11) is 0. The molecule has 0 spiro atoms. The van der Waals surface area contributed by atoms with Gasteiger partial charge in [0.15, 0.2) is 0 Å². The third-order valence-electron chi connectivity index (χ3n) is 3.15. The molecule has 5 heteroatoms. The van der Waals surface area contributed by atoms with Crippen molar-refractivity contribution >= 4 is 17.2 Å². The van der Waals surface area contributed by atoms with Crippen molar-refractivity contribution in [3.8, 4) is 5.75 Å². The van der Waals surface area contributed by atoms with Gasteiger partial charge in [-0.3, -0.25) is 4.79 Å². The minimum atomic E-state index is -0.716. The SMILES string of the molecule is Cc1cccc(OCC(O)CNC(=O)CCc2cccs2)c1. The number of benzene rings is 1. The van der Waals surface area contributed by atoms with Crippen LogP contribution in [0.25, 0.3) is 0 Å². The van der Waals surface area contributed by atoms with Gasteiger partial charge in [0.05, 0.1) is 0 Å². The molecule has 0 radical (unpaired) electrons. The van der Waals surface area contributed by atoms with Crippen molar-refractivity contribution in [3.63, 3.8) is 0 Å². The minimum Gasteiger partial charge on any atom is -0.491 e. The summed E-state index contributed by atoms with van der Waals surface area (Å²) in [5, 5.41) is 14.6. The van der Waals surface area contributed by atoms with Crippen LogP contribution in [0.5, 0.6) is 5.75 Å². The highest BCUT2D eigenvalue weighted by molar-refractivity contribution is 7.09. The summed E-state index contributed by atoms with van der Waals surface area (Å²) in [5.74, 6) is 0.672. The Morgan fingerprint density at radius 3 is 2.95 bits per heavy atom. The topological polar surface area (TPSA) is 58.6 Å². The van der Waals surface area contributed by atoms with Gasteiger partial charge in [-0.25, -0.2) is 0 Å². The Labute approximate surface area is 134 Å².